The van der Waals surface area contributed by atoms with Crippen molar-refractivity contribution in [3.05, 3.63) is 42.1 Å². The van der Waals surface area contributed by atoms with Gasteiger partial charge in [-0.15, -0.1) is 0 Å². The molecule has 0 saturated carbocycles. The van der Waals surface area contributed by atoms with Gasteiger partial charge in [0.1, 0.15) is 5.69 Å². The zero-order chi connectivity index (χ0) is 9.26. The zero-order valence-corrected chi connectivity index (χ0v) is 8.89. The maximum absolute atomic E-state index is 10.6. The first-order valence-electron chi connectivity index (χ1n) is 3.86. The number of benzene rings is 1. The molecule has 1 heterocycles. The Kier molecular flexibility index (Phi) is 3.15. The minimum absolute atomic E-state index is 0. The Hall–Kier alpha value is -1.47. The van der Waals surface area contributed by atoms with Gasteiger partial charge in [0.15, 0.2) is 0 Å². The van der Waals surface area contributed by atoms with E-state index in [1.54, 1.807) is 12.1 Å². The van der Waals surface area contributed by atoms with Crippen LogP contribution in [-0.2, 0) is 0 Å². The maximum atomic E-state index is 10.6. The first-order valence-corrected chi connectivity index (χ1v) is 3.86. The molecule has 2 aromatic rings. The summed E-state index contributed by atoms with van der Waals surface area (Å²) in [5.74, 6) is -0.995. The van der Waals surface area contributed by atoms with E-state index in [0.717, 1.165) is 5.39 Å². The third kappa shape index (κ3) is 1.88. The number of hydrogen-bond donors (Lipinski definition) is 1. The molecule has 4 heteroatoms. The van der Waals surface area contributed by atoms with Gasteiger partial charge in [-0.05, 0) is 12.1 Å². The van der Waals surface area contributed by atoms with Crippen molar-refractivity contribution in [2.75, 3.05) is 0 Å². The Balaban J connectivity index is 0.000000980. The minimum Gasteiger partial charge on any atom is -0.477 e. The second-order valence-electron chi connectivity index (χ2n) is 2.69. The third-order valence-electron chi connectivity index (χ3n) is 1.82. The SMILES string of the molecule is O=C(O)c1ccc2ccccc2n1.P. The molecule has 14 heavy (non-hydrogen) atoms. The van der Waals surface area contributed by atoms with E-state index in [9.17, 15) is 4.79 Å². The molecule has 0 fully saturated rings. The van der Waals surface area contributed by atoms with Crippen LogP contribution in [0.4, 0.5) is 0 Å². The highest BCUT2D eigenvalue weighted by Crippen LogP contribution is 2.11. The van der Waals surface area contributed by atoms with Crippen LogP contribution in [0.3, 0.4) is 0 Å². The summed E-state index contributed by atoms with van der Waals surface area (Å²) in [4.78, 5) is 14.6. The number of rotatable bonds is 1. The molecule has 0 aliphatic heterocycles. The molecule has 0 bridgehead atoms. The number of carboxylic acids is 1. The van der Waals surface area contributed by atoms with Gasteiger partial charge in [0.25, 0.3) is 0 Å². The van der Waals surface area contributed by atoms with Gasteiger partial charge in [0, 0.05) is 5.39 Å². The number of aromatic carboxylic acids is 1. The number of aromatic nitrogens is 1. The summed E-state index contributed by atoms with van der Waals surface area (Å²) in [5.41, 5.74) is 0.793. The molecule has 0 aliphatic carbocycles. The summed E-state index contributed by atoms with van der Waals surface area (Å²) in [7, 11) is 0. The van der Waals surface area contributed by atoms with E-state index < -0.39 is 5.97 Å². The smallest absolute Gasteiger partial charge is 0.354 e. The fourth-order valence-electron chi connectivity index (χ4n) is 1.19. The number of hydrogen-bond acceptors (Lipinski definition) is 2. The molecule has 0 saturated heterocycles. The highest BCUT2D eigenvalue weighted by atomic mass is 31.0. The minimum atomic E-state index is -0.995. The molecule has 0 radical (unpaired) electrons. The van der Waals surface area contributed by atoms with Crippen LogP contribution in [-0.4, -0.2) is 16.1 Å². The lowest BCUT2D eigenvalue weighted by atomic mass is 10.2. The van der Waals surface area contributed by atoms with Gasteiger partial charge in [0.05, 0.1) is 5.52 Å². The van der Waals surface area contributed by atoms with Crippen LogP contribution in [0.2, 0.25) is 0 Å². The lowest BCUT2D eigenvalue weighted by molar-refractivity contribution is 0.0691. The predicted octanol–water partition coefficient (Wildman–Crippen LogP) is 1.99. The van der Waals surface area contributed by atoms with E-state index in [4.69, 9.17) is 5.11 Å². The quantitative estimate of drug-likeness (QED) is 0.727. The van der Waals surface area contributed by atoms with Crippen LogP contribution in [0.1, 0.15) is 10.5 Å². The Morgan fingerprint density at radius 3 is 2.57 bits per heavy atom. The van der Waals surface area contributed by atoms with Gasteiger partial charge in [-0.3, -0.25) is 0 Å². The van der Waals surface area contributed by atoms with E-state index in [2.05, 4.69) is 4.98 Å². The number of fused-ring (bicyclic) bond motifs is 1. The van der Waals surface area contributed by atoms with Crippen molar-refractivity contribution < 1.29 is 9.90 Å². The molecule has 0 aliphatic rings. The molecular formula is C10H10NO2P. The van der Waals surface area contributed by atoms with Crippen molar-refractivity contribution in [2.45, 2.75) is 0 Å². The summed E-state index contributed by atoms with van der Waals surface area (Å²) >= 11 is 0. The van der Waals surface area contributed by atoms with Crippen LogP contribution < -0.4 is 0 Å². The van der Waals surface area contributed by atoms with Gasteiger partial charge in [-0.1, -0.05) is 24.3 Å². The molecule has 2 rings (SSSR count). The van der Waals surface area contributed by atoms with Gasteiger partial charge in [-0.25, -0.2) is 9.78 Å². The fourth-order valence-corrected chi connectivity index (χ4v) is 1.19. The van der Waals surface area contributed by atoms with Crippen molar-refractivity contribution in [3.8, 4) is 0 Å². The summed E-state index contributed by atoms with van der Waals surface area (Å²) < 4.78 is 0. The molecule has 1 N–H and O–H groups in total. The Morgan fingerprint density at radius 2 is 1.86 bits per heavy atom. The maximum Gasteiger partial charge on any atom is 0.354 e. The molecule has 1 aromatic heterocycles. The lowest BCUT2D eigenvalue weighted by Gasteiger charge is -1.97. The van der Waals surface area contributed by atoms with E-state index >= 15 is 0 Å². The second kappa shape index (κ2) is 4.16. The van der Waals surface area contributed by atoms with Crippen LogP contribution in [0.15, 0.2) is 36.4 Å². The monoisotopic (exact) mass is 207 g/mol. The Bertz CT molecular complexity index is 470. The molecule has 3 nitrogen and oxygen atoms in total. The van der Waals surface area contributed by atoms with Crippen molar-refractivity contribution in [1.82, 2.24) is 4.98 Å². The van der Waals surface area contributed by atoms with Crippen molar-refractivity contribution in [3.63, 3.8) is 0 Å². The first-order chi connectivity index (χ1) is 6.27. The predicted molar refractivity (Wildman–Crippen MR) is 59.8 cm³/mol. The number of para-hydroxylation sites is 1. The fraction of sp³-hybridized carbons (Fsp3) is 0. The molecule has 0 spiro atoms. The normalized spacial score (nSPS) is 9.43. The topological polar surface area (TPSA) is 50.2 Å². The average molecular weight is 207 g/mol. The molecule has 72 valence electrons. The van der Waals surface area contributed by atoms with Crippen LogP contribution in [0, 0.1) is 0 Å². The Labute approximate surface area is 84.4 Å². The van der Waals surface area contributed by atoms with E-state index in [-0.39, 0.29) is 15.6 Å². The second-order valence-corrected chi connectivity index (χ2v) is 2.69. The molecule has 1 atom stereocenters. The number of pyridine rings is 1. The zero-order valence-electron chi connectivity index (χ0n) is 7.47. The van der Waals surface area contributed by atoms with E-state index in [0.29, 0.717) is 5.52 Å². The van der Waals surface area contributed by atoms with Gasteiger partial charge < -0.3 is 5.11 Å². The standard InChI is InChI=1S/C10H7NO2.H3P/c12-10(13)9-6-5-7-3-1-2-4-8(7)11-9;/h1-6H,(H,12,13);1H3. The van der Waals surface area contributed by atoms with Crippen molar-refractivity contribution >= 4 is 26.8 Å². The summed E-state index contributed by atoms with van der Waals surface area (Å²) in [6, 6.07) is 10.7. The van der Waals surface area contributed by atoms with Crippen LogP contribution >= 0.6 is 9.90 Å². The number of nitrogens with zero attached hydrogens (tertiary/aromatic N) is 1. The summed E-state index contributed by atoms with van der Waals surface area (Å²) in [6.45, 7) is 0. The summed E-state index contributed by atoms with van der Waals surface area (Å²) in [6.07, 6.45) is 0. The molecular weight excluding hydrogens is 197 g/mol. The van der Waals surface area contributed by atoms with Gasteiger partial charge >= 0.3 is 5.97 Å². The largest absolute Gasteiger partial charge is 0.477 e. The molecule has 0 amide bonds. The molecule has 1 unspecified atom stereocenters. The van der Waals surface area contributed by atoms with E-state index in [1.807, 2.05) is 18.2 Å². The number of carbonyl (C=O) groups is 1. The van der Waals surface area contributed by atoms with Crippen LogP contribution in [0.5, 0.6) is 0 Å². The first kappa shape index (κ1) is 10.6. The Morgan fingerprint density at radius 1 is 1.14 bits per heavy atom. The highest BCUT2D eigenvalue weighted by molar-refractivity contribution is 6.92. The van der Waals surface area contributed by atoms with Crippen molar-refractivity contribution in [1.29, 1.82) is 0 Å². The average Bonchev–Trinajstić information content (AvgIpc) is 2.17. The third-order valence-corrected chi connectivity index (χ3v) is 1.82. The van der Waals surface area contributed by atoms with Crippen molar-refractivity contribution in [2.24, 2.45) is 0 Å². The highest BCUT2D eigenvalue weighted by Gasteiger charge is 2.03. The lowest BCUT2D eigenvalue weighted by Crippen LogP contribution is -1.99. The van der Waals surface area contributed by atoms with Gasteiger partial charge in [0.2, 0.25) is 0 Å². The van der Waals surface area contributed by atoms with Crippen LogP contribution in [0.25, 0.3) is 10.9 Å². The number of carboxylic acid groups (broad SMARTS) is 1. The van der Waals surface area contributed by atoms with Gasteiger partial charge in [-0.2, -0.15) is 9.90 Å². The van der Waals surface area contributed by atoms with E-state index in [1.165, 1.54) is 6.07 Å². The summed E-state index contributed by atoms with van der Waals surface area (Å²) in [5, 5.41) is 9.63. The molecule has 1 aromatic carbocycles.